The quantitative estimate of drug-likeness (QED) is 0.898. The highest BCUT2D eigenvalue weighted by Gasteiger charge is 2.42. The molecule has 0 spiro atoms. The summed E-state index contributed by atoms with van der Waals surface area (Å²) in [6, 6.07) is 7.75. The van der Waals surface area contributed by atoms with E-state index in [1.807, 2.05) is 29.2 Å². The van der Waals surface area contributed by atoms with Crippen molar-refractivity contribution in [3.63, 3.8) is 0 Å². The molecule has 3 unspecified atom stereocenters. The van der Waals surface area contributed by atoms with Gasteiger partial charge in [0, 0.05) is 19.1 Å². The standard InChI is InChI=1S/C17H24N2O3/c1-21-15-4-2-3-5-16(15)22-9-8-17(20)19-10-12-6-7-14(18)13(12)11-19/h2-5,12-14H,6-11,18H2,1H3. The minimum absolute atomic E-state index is 0.163. The van der Waals surface area contributed by atoms with Gasteiger partial charge in [0.05, 0.1) is 20.1 Å². The molecule has 3 rings (SSSR count). The summed E-state index contributed by atoms with van der Waals surface area (Å²) >= 11 is 0. The normalized spacial score (nSPS) is 26.8. The van der Waals surface area contributed by atoms with Gasteiger partial charge in [0.15, 0.2) is 11.5 Å². The zero-order valence-electron chi connectivity index (χ0n) is 13.0. The Bertz CT molecular complexity index is 534. The molecule has 1 heterocycles. The Morgan fingerprint density at radius 1 is 1.27 bits per heavy atom. The van der Waals surface area contributed by atoms with Crippen LogP contribution < -0.4 is 15.2 Å². The van der Waals surface area contributed by atoms with Crippen molar-refractivity contribution >= 4 is 5.91 Å². The van der Waals surface area contributed by atoms with E-state index in [1.165, 1.54) is 0 Å². The van der Waals surface area contributed by atoms with Crippen molar-refractivity contribution in [3.8, 4) is 11.5 Å². The minimum atomic E-state index is 0.163. The second-order valence-corrected chi connectivity index (χ2v) is 6.21. The van der Waals surface area contributed by atoms with Gasteiger partial charge in [0.2, 0.25) is 5.91 Å². The average Bonchev–Trinajstić information content (AvgIpc) is 3.10. The van der Waals surface area contributed by atoms with Gasteiger partial charge in [-0.1, -0.05) is 12.1 Å². The average molecular weight is 304 g/mol. The van der Waals surface area contributed by atoms with Crippen LogP contribution >= 0.6 is 0 Å². The summed E-state index contributed by atoms with van der Waals surface area (Å²) in [5.74, 6) is 2.64. The second kappa shape index (κ2) is 6.57. The molecule has 1 aromatic rings. The van der Waals surface area contributed by atoms with E-state index in [0.29, 0.717) is 36.4 Å². The Balaban J connectivity index is 1.47. The number of fused-ring (bicyclic) bond motifs is 1. The summed E-state index contributed by atoms with van der Waals surface area (Å²) in [5.41, 5.74) is 6.11. The number of rotatable bonds is 5. The molecule has 2 N–H and O–H groups in total. The van der Waals surface area contributed by atoms with Crippen molar-refractivity contribution in [2.75, 3.05) is 26.8 Å². The zero-order valence-corrected chi connectivity index (χ0v) is 13.0. The summed E-state index contributed by atoms with van der Waals surface area (Å²) in [6.07, 6.45) is 2.66. The highest BCUT2D eigenvalue weighted by molar-refractivity contribution is 5.76. The number of methoxy groups -OCH3 is 1. The Morgan fingerprint density at radius 3 is 2.77 bits per heavy atom. The molecule has 0 aromatic heterocycles. The van der Waals surface area contributed by atoms with Gasteiger partial charge in [-0.3, -0.25) is 4.79 Å². The lowest BCUT2D eigenvalue weighted by molar-refractivity contribution is -0.131. The summed E-state index contributed by atoms with van der Waals surface area (Å²) in [5, 5.41) is 0. The van der Waals surface area contributed by atoms with E-state index in [2.05, 4.69) is 0 Å². The van der Waals surface area contributed by atoms with Crippen LogP contribution in [0.1, 0.15) is 19.3 Å². The van der Waals surface area contributed by atoms with E-state index >= 15 is 0 Å². The Morgan fingerprint density at radius 2 is 2.05 bits per heavy atom. The lowest BCUT2D eigenvalue weighted by Crippen LogP contribution is -2.34. The van der Waals surface area contributed by atoms with E-state index in [0.717, 1.165) is 25.9 Å². The predicted molar refractivity (Wildman–Crippen MR) is 83.9 cm³/mol. The largest absolute Gasteiger partial charge is 0.493 e. The minimum Gasteiger partial charge on any atom is -0.493 e. The van der Waals surface area contributed by atoms with Gasteiger partial charge in [-0.15, -0.1) is 0 Å². The van der Waals surface area contributed by atoms with Crippen molar-refractivity contribution in [2.45, 2.75) is 25.3 Å². The molecule has 2 aliphatic rings. The van der Waals surface area contributed by atoms with E-state index in [1.54, 1.807) is 7.11 Å². The predicted octanol–water partition coefficient (Wildman–Crippen LogP) is 1.66. The molecular formula is C17H24N2O3. The summed E-state index contributed by atoms with van der Waals surface area (Å²) in [4.78, 5) is 14.3. The number of likely N-dealkylation sites (tertiary alicyclic amines) is 1. The smallest absolute Gasteiger partial charge is 0.226 e. The van der Waals surface area contributed by atoms with Crippen LogP contribution in [0.4, 0.5) is 0 Å². The number of hydrogen-bond donors (Lipinski definition) is 1. The molecule has 1 amide bonds. The first-order valence-corrected chi connectivity index (χ1v) is 7.98. The van der Waals surface area contributed by atoms with Crippen molar-refractivity contribution in [3.05, 3.63) is 24.3 Å². The summed E-state index contributed by atoms with van der Waals surface area (Å²) in [6.45, 7) is 2.06. The Kier molecular flexibility index (Phi) is 4.52. The van der Waals surface area contributed by atoms with Crippen molar-refractivity contribution in [1.82, 2.24) is 4.90 Å². The molecule has 0 bridgehead atoms. The number of amides is 1. The van der Waals surface area contributed by atoms with Crippen molar-refractivity contribution < 1.29 is 14.3 Å². The fraction of sp³-hybridized carbons (Fsp3) is 0.588. The van der Waals surface area contributed by atoms with Crippen molar-refractivity contribution in [1.29, 1.82) is 0 Å². The molecule has 1 aliphatic heterocycles. The fourth-order valence-corrected chi connectivity index (χ4v) is 3.66. The van der Waals surface area contributed by atoms with Crippen LogP contribution in [0.3, 0.4) is 0 Å². The maximum absolute atomic E-state index is 12.3. The maximum atomic E-state index is 12.3. The number of benzene rings is 1. The van der Waals surface area contributed by atoms with Gasteiger partial charge in [-0.05, 0) is 36.8 Å². The van der Waals surface area contributed by atoms with Crippen LogP contribution in [0.5, 0.6) is 11.5 Å². The van der Waals surface area contributed by atoms with Gasteiger partial charge in [-0.2, -0.15) is 0 Å². The van der Waals surface area contributed by atoms with Crippen LogP contribution in [0.25, 0.3) is 0 Å². The SMILES string of the molecule is COc1ccccc1OCCC(=O)N1CC2CCC(N)C2C1. The molecule has 1 aliphatic carbocycles. The molecule has 1 saturated carbocycles. The second-order valence-electron chi connectivity index (χ2n) is 6.21. The molecule has 0 radical (unpaired) electrons. The lowest BCUT2D eigenvalue weighted by atomic mass is 9.98. The number of para-hydroxylation sites is 2. The topological polar surface area (TPSA) is 64.8 Å². The van der Waals surface area contributed by atoms with Gasteiger partial charge in [0.25, 0.3) is 0 Å². The van der Waals surface area contributed by atoms with E-state index in [4.69, 9.17) is 15.2 Å². The highest BCUT2D eigenvalue weighted by atomic mass is 16.5. The molecule has 2 fully saturated rings. The monoisotopic (exact) mass is 304 g/mol. The van der Waals surface area contributed by atoms with Gasteiger partial charge < -0.3 is 20.1 Å². The molecule has 1 saturated heterocycles. The van der Waals surface area contributed by atoms with Crippen LogP contribution in [-0.2, 0) is 4.79 Å². The number of carbonyl (C=O) groups is 1. The Hall–Kier alpha value is -1.75. The number of nitrogens with zero attached hydrogens (tertiary/aromatic N) is 1. The third-order valence-corrected chi connectivity index (χ3v) is 4.91. The first kappa shape index (κ1) is 15.2. The number of ether oxygens (including phenoxy) is 2. The lowest BCUT2D eigenvalue weighted by Gasteiger charge is -2.19. The molecule has 5 heteroatoms. The zero-order chi connectivity index (χ0) is 15.5. The highest BCUT2D eigenvalue weighted by Crippen LogP contribution is 2.37. The molecule has 3 atom stereocenters. The molecule has 1 aromatic carbocycles. The molecule has 120 valence electrons. The number of carbonyl (C=O) groups excluding carboxylic acids is 1. The van der Waals surface area contributed by atoms with Crippen LogP contribution in [0, 0.1) is 11.8 Å². The number of nitrogens with two attached hydrogens (primary N) is 1. The third-order valence-electron chi connectivity index (χ3n) is 4.91. The molecular weight excluding hydrogens is 280 g/mol. The number of hydrogen-bond acceptors (Lipinski definition) is 4. The van der Waals surface area contributed by atoms with E-state index < -0.39 is 0 Å². The first-order chi connectivity index (χ1) is 10.7. The van der Waals surface area contributed by atoms with E-state index in [9.17, 15) is 4.79 Å². The fourth-order valence-electron chi connectivity index (χ4n) is 3.66. The van der Waals surface area contributed by atoms with Crippen molar-refractivity contribution in [2.24, 2.45) is 17.6 Å². The van der Waals surface area contributed by atoms with Crippen LogP contribution in [0.15, 0.2) is 24.3 Å². The third kappa shape index (κ3) is 3.04. The van der Waals surface area contributed by atoms with Gasteiger partial charge >= 0.3 is 0 Å². The van der Waals surface area contributed by atoms with Crippen LogP contribution in [-0.4, -0.2) is 43.7 Å². The van der Waals surface area contributed by atoms with Gasteiger partial charge in [-0.25, -0.2) is 0 Å². The summed E-state index contributed by atoms with van der Waals surface area (Å²) in [7, 11) is 1.61. The van der Waals surface area contributed by atoms with Gasteiger partial charge in [0.1, 0.15) is 0 Å². The Labute approximate surface area is 131 Å². The summed E-state index contributed by atoms with van der Waals surface area (Å²) < 4.78 is 10.9. The first-order valence-electron chi connectivity index (χ1n) is 7.98. The maximum Gasteiger partial charge on any atom is 0.226 e. The van der Waals surface area contributed by atoms with Crippen LogP contribution in [0.2, 0.25) is 0 Å². The van der Waals surface area contributed by atoms with E-state index in [-0.39, 0.29) is 11.9 Å². The molecule has 22 heavy (non-hydrogen) atoms. The molecule has 5 nitrogen and oxygen atoms in total.